The van der Waals surface area contributed by atoms with Gasteiger partial charge in [-0.2, -0.15) is 0 Å². The molecule has 6 N–H and O–H groups in total. The number of aromatic nitrogens is 2. The summed E-state index contributed by atoms with van der Waals surface area (Å²) in [6, 6.07) is 3.95. The fraction of sp³-hybridized carbons (Fsp3) is 0.935. The molecule has 1 aromatic rings. The molecule has 0 aromatic carbocycles. The van der Waals surface area contributed by atoms with Crippen molar-refractivity contribution in [2.45, 2.75) is 278 Å². The van der Waals surface area contributed by atoms with Crippen molar-refractivity contribution in [3.8, 4) is 0 Å². The van der Waals surface area contributed by atoms with E-state index >= 15 is 0 Å². The van der Waals surface area contributed by atoms with Crippen molar-refractivity contribution >= 4 is 19.7 Å². The summed E-state index contributed by atoms with van der Waals surface area (Å²) in [4.78, 5) is 24.6. The van der Waals surface area contributed by atoms with Crippen molar-refractivity contribution in [1.82, 2.24) is 61.1 Å². The molecule has 26 heteroatoms. The third-order valence-corrected chi connectivity index (χ3v) is 25.1. The Labute approximate surface area is 731 Å². The zero-order chi connectivity index (χ0) is 88.9. The third kappa shape index (κ3) is 58.1. The van der Waals surface area contributed by atoms with E-state index in [1.54, 1.807) is 0 Å². The van der Waals surface area contributed by atoms with E-state index in [0.717, 1.165) is 288 Å². The summed E-state index contributed by atoms with van der Waals surface area (Å²) in [7, 11) is -5.41. The zero-order valence-electron chi connectivity index (χ0n) is 80.1. The summed E-state index contributed by atoms with van der Waals surface area (Å²) in [6.45, 7) is 102. The molecule has 0 amide bonds. The highest BCUT2D eigenvalue weighted by Crippen LogP contribution is 2.44. The second-order valence-corrected chi connectivity index (χ2v) is 44.3. The summed E-state index contributed by atoms with van der Waals surface area (Å²) < 4.78 is 72.6. The van der Waals surface area contributed by atoms with Crippen LogP contribution < -0.4 is 31.9 Å². The average molecular weight is 1720 g/mol. The third-order valence-electron chi connectivity index (χ3n) is 21.6. The number of imidazole rings is 1. The smallest absolute Gasteiger partial charge is 0.237 e. The topological polar surface area (TPSA) is 230 Å². The van der Waals surface area contributed by atoms with Crippen LogP contribution >= 0.6 is 0 Å². The predicted molar refractivity (Wildman–Crippen MR) is 498 cm³/mol. The molecule has 0 bridgehead atoms. The Morgan fingerprint density at radius 1 is 0.370 bits per heavy atom. The van der Waals surface area contributed by atoms with Crippen molar-refractivity contribution in [1.29, 1.82) is 0 Å². The van der Waals surface area contributed by atoms with Crippen molar-refractivity contribution in [2.75, 3.05) is 207 Å². The number of morpholine rings is 1. The standard InChI is InChI=1S/4C9H16N2.C9H17NO.2C8H17NO2S.4C8H17NO/c3*1-8(2)6-11-5-4-9(7-11)10-3;1-4-9-10-5-6-11(9)7-8(2)3;1-6(2)3-10-9-7-4-11-5-8(7)9;2*1-7(2)5-9-8-3-4-12(10,11)6-8;1-8(2)7-9-3-5-10-6-4-9;3*1-7(2)5-9-8-3-4-10-6-8/h3*8-9H,4-7H2,1-2H3;5-6,8H,4,7H2,1-3H3;6-10H,3-5H2,1-2H3;2*7-9H,3-6H2,1-2H3;8H,3-7H2,1-2H3;3*7-9H,3-6H2,1-2H3/t2*9-;;;;8-;;;2*8-;/m10...0..10./s1. The van der Waals surface area contributed by atoms with Gasteiger partial charge in [-0.15, -0.1) is 0 Å². The van der Waals surface area contributed by atoms with E-state index in [4.69, 9.17) is 43.4 Å². The molecule has 10 aliphatic heterocycles. The van der Waals surface area contributed by atoms with Gasteiger partial charge in [0.25, 0.3) is 0 Å². The lowest BCUT2D eigenvalue weighted by atomic mass is 10.2. The number of aryl methyl sites for hydroxylation is 1. The second-order valence-electron chi connectivity index (χ2n) is 39.8. The summed E-state index contributed by atoms with van der Waals surface area (Å²) in [5.41, 5.74) is 0. The fourth-order valence-electron chi connectivity index (χ4n) is 15.2. The van der Waals surface area contributed by atoms with Crippen LogP contribution in [0.1, 0.15) is 216 Å². The van der Waals surface area contributed by atoms with Gasteiger partial charge in [0.1, 0.15) is 5.82 Å². The molecule has 11 aliphatic rings. The average Bonchev–Trinajstić information content (AvgIpc) is 1.61. The first-order chi connectivity index (χ1) is 56.3. The van der Waals surface area contributed by atoms with E-state index in [-0.39, 0.29) is 30.2 Å². The lowest BCUT2D eigenvalue weighted by molar-refractivity contribution is 0.0329. The molecule has 5 unspecified atom stereocenters. The number of fused-ring (bicyclic) bond motifs is 1. The molecule has 0 spiro atoms. The summed E-state index contributed by atoms with van der Waals surface area (Å²) >= 11 is 0. The van der Waals surface area contributed by atoms with Crippen LogP contribution in [0.25, 0.3) is 14.5 Å². The predicted octanol–water partition coefficient (Wildman–Crippen LogP) is 12.8. The zero-order valence-corrected chi connectivity index (χ0v) is 81.7. The van der Waals surface area contributed by atoms with Crippen LogP contribution in [-0.4, -0.2) is 307 Å². The minimum absolute atomic E-state index is 0.206. The maximum Gasteiger partial charge on any atom is 0.237 e. The summed E-state index contributed by atoms with van der Waals surface area (Å²) in [6.07, 6.45) is 13.3. The van der Waals surface area contributed by atoms with Crippen LogP contribution in [0.15, 0.2) is 12.4 Å². The van der Waals surface area contributed by atoms with Crippen LogP contribution in [0.5, 0.6) is 0 Å². The molecule has 1 aliphatic carbocycles. The van der Waals surface area contributed by atoms with Crippen LogP contribution in [0.3, 0.4) is 0 Å². The molecule has 10 atom stereocenters. The number of hydrogen-bond donors (Lipinski definition) is 6. The molecule has 1 aromatic heterocycles. The van der Waals surface area contributed by atoms with Crippen LogP contribution in [0, 0.1) is 96.6 Å². The highest BCUT2D eigenvalue weighted by molar-refractivity contribution is 7.91. The van der Waals surface area contributed by atoms with Gasteiger partial charge in [-0.3, -0.25) is 19.6 Å². The Hall–Kier alpha value is -3.02. The minimum atomic E-state index is -2.71. The molecule has 24 nitrogen and oxygen atoms in total. The molecular formula is C93H183N15O9S2. The van der Waals surface area contributed by atoms with Crippen LogP contribution in [0.4, 0.5) is 0 Å². The van der Waals surface area contributed by atoms with Crippen molar-refractivity contribution < 1.29 is 40.5 Å². The van der Waals surface area contributed by atoms with E-state index in [2.05, 4.69) is 241 Å². The van der Waals surface area contributed by atoms with Gasteiger partial charge < -0.3 is 74.7 Å². The van der Waals surface area contributed by atoms with Gasteiger partial charge in [-0.1, -0.05) is 159 Å². The van der Waals surface area contributed by atoms with Crippen molar-refractivity contribution in [3.05, 3.63) is 52.5 Å². The number of rotatable bonds is 29. The number of ether oxygens (including phenoxy) is 5. The highest BCUT2D eigenvalue weighted by atomic mass is 32.2. The Bertz CT molecular complexity index is 2800. The Balaban J connectivity index is 0.000000444. The molecule has 10 saturated heterocycles. The first kappa shape index (κ1) is 112. The highest BCUT2D eigenvalue weighted by Gasteiger charge is 2.53. The van der Waals surface area contributed by atoms with Crippen molar-refractivity contribution in [2.24, 2.45) is 76.9 Å². The molecule has 696 valence electrons. The van der Waals surface area contributed by atoms with Crippen LogP contribution in [0.2, 0.25) is 0 Å². The molecule has 0 radical (unpaired) electrons. The monoisotopic (exact) mass is 1720 g/mol. The summed E-state index contributed by atoms with van der Waals surface area (Å²) in [5.74, 6) is 12.2. The van der Waals surface area contributed by atoms with Crippen LogP contribution in [-0.2, 0) is 56.3 Å². The molecular weight excluding hydrogens is 1540 g/mol. The van der Waals surface area contributed by atoms with E-state index in [0.29, 0.717) is 58.9 Å². The van der Waals surface area contributed by atoms with Gasteiger partial charge in [0, 0.05) is 171 Å². The number of hydrogen-bond acceptors (Lipinski definition) is 20. The van der Waals surface area contributed by atoms with E-state index < -0.39 is 19.7 Å². The van der Waals surface area contributed by atoms with Gasteiger partial charge in [-0.05, 0) is 136 Å². The minimum Gasteiger partial charge on any atom is -0.381 e. The largest absolute Gasteiger partial charge is 0.381 e. The first-order valence-electron chi connectivity index (χ1n) is 47.0. The lowest BCUT2D eigenvalue weighted by Crippen LogP contribution is -2.38. The Kier molecular flexibility index (Phi) is 60.9. The van der Waals surface area contributed by atoms with Gasteiger partial charge in [-0.25, -0.2) is 41.5 Å². The van der Waals surface area contributed by atoms with E-state index in [1.165, 1.54) is 31.6 Å². The first-order valence-corrected chi connectivity index (χ1v) is 50.7. The fourth-order valence-corrected chi connectivity index (χ4v) is 18.7. The van der Waals surface area contributed by atoms with Gasteiger partial charge in [0.05, 0.1) is 88.9 Å². The maximum absolute atomic E-state index is 11.0. The normalized spacial score (nSPS) is 26.1. The van der Waals surface area contributed by atoms with Crippen molar-refractivity contribution in [3.63, 3.8) is 0 Å². The Morgan fingerprint density at radius 2 is 0.681 bits per heavy atom. The van der Waals surface area contributed by atoms with E-state index in [1.807, 2.05) is 6.20 Å². The lowest BCUT2D eigenvalue weighted by Gasteiger charge is -2.27. The number of nitrogens with one attached hydrogen (secondary N) is 6. The molecule has 119 heavy (non-hydrogen) atoms. The molecule has 11 fully saturated rings. The second kappa shape index (κ2) is 64.7. The van der Waals surface area contributed by atoms with Gasteiger partial charge in [0.15, 0.2) is 19.7 Å². The number of nitrogens with zero attached hydrogens (tertiary/aromatic N) is 9. The number of likely N-dealkylation sites (tertiary alicyclic amines) is 3. The van der Waals surface area contributed by atoms with Gasteiger partial charge in [0.2, 0.25) is 18.1 Å². The van der Waals surface area contributed by atoms with Gasteiger partial charge >= 0.3 is 0 Å². The van der Waals surface area contributed by atoms with E-state index in [9.17, 15) is 16.8 Å². The quantitative estimate of drug-likeness (QED) is 0.0410. The SMILES string of the molecule is CC(C)CN1CCOCC1.CC(C)CNC1C2COCC21.CC(C)CNC1CCOC1.CC(C)CNC1CCS(=O)(=O)C1.CC(C)CN[C@@H]1CCOC1.CC(C)CN[C@H]1CCOC1.CC(C)CN[C@H]1CCS(=O)(=O)C1.CCc1nccn1CC(C)C.[C-]#[N+]C1CCN(CC(C)C)C1.[C-]#[N+][C@@H]1CCN(CC(C)C)C1.[C-]#[N+][C@H]1CCN(CC(C)C)C1. The molecule has 1 saturated carbocycles. The number of sulfone groups is 2. The maximum atomic E-state index is 11.0. The Morgan fingerprint density at radius 3 is 0.941 bits per heavy atom. The summed E-state index contributed by atoms with van der Waals surface area (Å²) in [5, 5.41) is 20.5. The molecule has 12 rings (SSSR count). The molecule has 11 heterocycles.